The van der Waals surface area contributed by atoms with Gasteiger partial charge in [-0.1, -0.05) is 24.6 Å². The van der Waals surface area contributed by atoms with Crippen molar-refractivity contribution in [3.63, 3.8) is 0 Å². The van der Waals surface area contributed by atoms with Crippen LogP contribution in [-0.4, -0.2) is 40.2 Å². The van der Waals surface area contributed by atoms with E-state index in [4.69, 9.17) is 0 Å². The lowest BCUT2D eigenvalue weighted by Gasteiger charge is -2.20. The maximum Gasteiger partial charge on any atom is 0.238 e. The molecule has 1 aliphatic carbocycles. The van der Waals surface area contributed by atoms with E-state index in [1.54, 1.807) is 0 Å². The molecule has 1 amide bonds. The molecule has 0 aliphatic heterocycles. The summed E-state index contributed by atoms with van der Waals surface area (Å²) in [5, 5.41) is 7.72. The number of nitrogens with zero attached hydrogens (tertiary/aromatic N) is 3. The van der Waals surface area contributed by atoms with Gasteiger partial charge >= 0.3 is 0 Å². The summed E-state index contributed by atoms with van der Waals surface area (Å²) in [6.45, 7) is 10.7. The summed E-state index contributed by atoms with van der Waals surface area (Å²) < 4.78 is 1.90. The molecule has 0 atom stereocenters. The van der Waals surface area contributed by atoms with Crippen LogP contribution in [-0.2, 0) is 4.79 Å². The van der Waals surface area contributed by atoms with E-state index in [2.05, 4.69) is 53.4 Å². The van der Waals surface area contributed by atoms with Gasteiger partial charge in [0.05, 0.1) is 29.3 Å². The van der Waals surface area contributed by atoms with E-state index in [9.17, 15) is 4.79 Å². The first kappa shape index (κ1) is 18.6. The van der Waals surface area contributed by atoms with Crippen LogP contribution >= 0.6 is 0 Å². The Kier molecular flexibility index (Phi) is 5.77. The molecule has 5 nitrogen and oxygen atoms in total. The molecule has 1 aromatic heterocycles. The second-order valence-electron chi connectivity index (χ2n) is 7.52. The van der Waals surface area contributed by atoms with Gasteiger partial charge in [0.25, 0.3) is 0 Å². The van der Waals surface area contributed by atoms with Gasteiger partial charge in [-0.2, -0.15) is 5.10 Å². The van der Waals surface area contributed by atoms with Crippen molar-refractivity contribution < 1.29 is 4.79 Å². The normalized spacial score (nSPS) is 14.0. The van der Waals surface area contributed by atoms with E-state index >= 15 is 0 Å². The quantitative estimate of drug-likeness (QED) is 0.783. The van der Waals surface area contributed by atoms with E-state index in [1.807, 2.05) is 18.5 Å². The molecule has 1 aliphatic rings. The largest absolute Gasteiger partial charge is 0.322 e. The number of benzene rings is 1. The van der Waals surface area contributed by atoms with Crippen LogP contribution in [0.15, 0.2) is 24.3 Å². The Morgan fingerprint density at radius 1 is 1.23 bits per heavy atom. The van der Waals surface area contributed by atoms with Crippen LogP contribution in [0.1, 0.15) is 43.1 Å². The summed E-state index contributed by atoms with van der Waals surface area (Å²) in [6.07, 6.45) is 3.69. The maximum absolute atomic E-state index is 12.6. The number of amides is 1. The number of anilines is 1. The first-order valence-electron chi connectivity index (χ1n) is 9.63. The molecule has 0 radical (unpaired) electrons. The fourth-order valence-electron chi connectivity index (χ4n) is 3.36. The lowest BCUT2D eigenvalue weighted by Crippen LogP contribution is -2.35. The second kappa shape index (κ2) is 8.04. The van der Waals surface area contributed by atoms with Crippen LogP contribution in [0.5, 0.6) is 0 Å². The Balaban J connectivity index is 1.70. The molecule has 140 valence electrons. The van der Waals surface area contributed by atoms with Gasteiger partial charge in [-0.15, -0.1) is 0 Å². The Labute approximate surface area is 156 Å². The predicted molar refractivity (Wildman–Crippen MR) is 106 cm³/mol. The van der Waals surface area contributed by atoms with Crippen molar-refractivity contribution in [1.29, 1.82) is 0 Å². The van der Waals surface area contributed by atoms with Gasteiger partial charge in [0, 0.05) is 6.54 Å². The van der Waals surface area contributed by atoms with Gasteiger partial charge in [-0.05, 0) is 64.6 Å². The molecule has 2 aromatic rings. The Hall–Kier alpha value is -2.14. The second-order valence-corrected chi connectivity index (χ2v) is 7.52. The zero-order valence-electron chi connectivity index (χ0n) is 16.4. The highest BCUT2D eigenvalue weighted by molar-refractivity contribution is 5.93. The number of aryl methyl sites for hydroxylation is 2. The number of nitrogens with one attached hydrogen (secondary N) is 1. The molecule has 1 saturated carbocycles. The fraction of sp³-hybridized carbons (Fsp3) is 0.524. The maximum atomic E-state index is 12.6. The number of hydrogen-bond donors (Lipinski definition) is 1. The highest BCUT2D eigenvalue weighted by Crippen LogP contribution is 2.29. The number of hydrogen-bond acceptors (Lipinski definition) is 3. The fourth-order valence-corrected chi connectivity index (χ4v) is 3.36. The third kappa shape index (κ3) is 4.52. The minimum absolute atomic E-state index is 0.0498. The molecular weight excluding hydrogens is 324 g/mol. The Bertz CT molecular complexity index is 759. The highest BCUT2D eigenvalue weighted by atomic mass is 16.2. The molecule has 0 bridgehead atoms. The molecule has 26 heavy (non-hydrogen) atoms. The van der Waals surface area contributed by atoms with Gasteiger partial charge in [-0.3, -0.25) is 9.69 Å². The van der Waals surface area contributed by atoms with Crippen LogP contribution in [0.2, 0.25) is 0 Å². The van der Waals surface area contributed by atoms with Gasteiger partial charge in [0.1, 0.15) is 0 Å². The molecule has 1 heterocycles. The standard InChI is InChI=1S/C21H30N4O/c1-5-12-24(13-18-8-9-18)14-20(26)22-21-16(3)23-25(17(21)4)19-10-6-15(2)7-11-19/h6-7,10-11,18H,5,8-9,12-14H2,1-4H3,(H,22,26). The first-order chi connectivity index (χ1) is 12.5. The molecule has 5 heteroatoms. The minimum Gasteiger partial charge on any atom is -0.322 e. The summed E-state index contributed by atoms with van der Waals surface area (Å²) in [7, 11) is 0. The lowest BCUT2D eigenvalue weighted by molar-refractivity contribution is -0.117. The summed E-state index contributed by atoms with van der Waals surface area (Å²) >= 11 is 0. The van der Waals surface area contributed by atoms with Gasteiger partial charge < -0.3 is 5.32 Å². The third-order valence-electron chi connectivity index (χ3n) is 4.95. The Morgan fingerprint density at radius 2 is 1.92 bits per heavy atom. The highest BCUT2D eigenvalue weighted by Gasteiger charge is 2.25. The number of aromatic nitrogens is 2. The van der Waals surface area contributed by atoms with E-state index < -0.39 is 0 Å². The minimum atomic E-state index is 0.0498. The molecule has 0 spiro atoms. The SMILES string of the molecule is CCCN(CC(=O)Nc1c(C)nn(-c2ccc(C)cc2)c1C)CC1CC1. The summed E-state index contributed by atoms with van der Waals surface area (Å²) in [5.74, 6) is 0.843. The van der Waals surface area contributed by atoms with E-state index in [0.29, 0.717) is 6.54 Å². The topological polar surface area (TPSA) is 50.2 Å². The monoisotopic (exact) mass is 354 g/mol. The summed E-state index contributed by atoms with van der Waals surface area (Å²) in [5.41, 5.74) is 4.87. The van der Waals surface area contributed by atoms with E-state index in [0.717, 1.165) is 48.2 Å². The van der Waals surface area contributed by atoms with Gasteiger partial charge in [-0.25, -0.2) is 4.68 Å². The van der Waals surface area contributed by atoms with E-state index in [1.165, 1.54) is 18.4 Å². The van der Waals surface area contributed by atoms with Gasteiger partial charge in [0.2, 0.25) is 5.91 Å². The van der Waals surface area contributed by atoms with Crippen molar-refractivity contribution in [1.82, 2.24) is 14.7 Å². The van der Waals surface area contributed by atoms with Crippen molar-refractivity contribution in [2.24, 2.45) is 5.92 Å². The molecular formula is C21H30N4O. The molecule has 1 N–H and O–H groups in total. The van der Waals surface area contributed by atoms with Crippen molar-refractivity contribution >= 4 is 11.6 Å². The van der Waals surface area contributed by atoms with E-state index in [-0.39, 0.29) is 5.91 Å². The molecule has 1 fully saturated rings. The van der Waals surface area contributed by atoms with Crippen LogP contribution < -0.4 is 5.32 Å². The number of carbonyl (C=O) groups is 1. The van der Waals surface area contributed by atoms with Crippen LogP contribution in [0.4, 0.5) is 5.69 Å². The zero-order chi connectivity index (χ0) is 18.7. The van der Waals surface area contributed by atoms with Crippen molar-refractivity contribution in [2.75, 3.05) is 25.0 Å². The van der Waals surface area contributed by atoms with Crippen molar-refractivity contribution in [2.45, 2.75) is 47.0 Å². The molecule has 0 unspecified atom stereocenters. The molecule has 3 rings (SSSR count). The van der Waals surface area contributed by atoms with Crippen LogP contribution in [0.25, 0.3) is 5.69 Å². The molecule has 1 aromatic carbocycles. The van der Waals surface area contributed by atoms with Crippen LogP contribution in [0.3, 0.4) is 0 Å². The van der Waals surface area contributed by atoms with Gasteiger partial charge in [0.15, 0.2) is 0 Å². The third-order valence-corrected chi connectivity index (χ3v) is 4.95. The van der Waals surface area contributed by atoms with Crippen molar-refractivity contribution in [3.8, 4) is 5.69 Å². The average Bonchev–Trinajstić information content (AvgIpc) is 3.37. The number of carbonyl (C=O) groups excluding carboxylic acids is 1. The zero-order valence-corrected chi connectivity index (χ0v) is 16.4. The Morgan fingerprint density at radius 3 is 2.54 bits per heavy atom. The van der Waals surface area contributed by atoms with Crippen LogP contribution in [0, 0.1) is 26.7 Å². The molecule has 0 saturated heterocycles. The smallest absolute Gasteiger partial charge is 0.238 e. The predicted octanol–water partition coefficient (Wildman–Crippen LogP) is 3.86. The first-order valence-corrected chi connectivity index (χ1v) is 9.63. The average molecular weight is 354 g/mol. The summed E-state index contributed by atoms with van der Waals surface area (Å²) in [6, 6.07) is 8.26. The summed E-state index contributed by atoms with van der Waals surface area (Å²) in [4.78, 5) is 14.9. The number of rotatable bonds is 8. The lowest BCUT2D eigenvalue weighted by atomic mass is 10.2. The van der Waals surface area contributed by atoms with Crippen molar-refractivity contribution in [3.05, 3.63) is 41.2 Å².